The summed E-state index contributed by atoms with van der Waals surface area (Å²) in [5.41, 5.74) is 4.64. The molecule has 0 atom stereocenters. The summed E-state index contributed by atoms with van der Waals surface area (Å²) in [6.07, 6.45) is 0. The molecule has 0 aliphatic rings. The fourth-order valence-corrected chi connectivity index (χ4v) is 2.06. The van der Waals surface area contributed by atoms with Crippen LogP contribution in [0.2, 0.25) is 0 Å². The Balaban J connectivity index is 1.96. The molecule has 0 fully saturated rings. The third kappa shape index (κ3) is 3.73. The second kappa shape index (κ2) is 5.85. The number of hydrogen-bond donors (Lipinski definition) is 2. The summed E-state index contributed by atoms with van der Waals surface area (Å²) in [6, 6.07) is 16.6. The molecule has 92 valence electrons. The molecule has 0 aliphatic heterocycles. The Labute approximate surface area is 116 Å². The molecule has 0 aromatic heterocycles. The van der Waals surface area contributed by atoms with E-state index in [1.54, 1.807) is 0 Å². The molecule has 2 rings (SSSR count). The van der Waals surface area contributed by atoms with Gasteiger partial charge < -0.3 is 0 Å². The Bertz CT molecular complexity index is 480. The first-order valence-corrected chi connectivity index (χ1v) is 6.70. The molecule has 0 heterocycles. The first-order chi connectivity index (χ1) is 8.63. The van der Waals surface area contributed by atoms with Gasteiger partial charge in [0.15, 0.2) is 0 Å². The van der Waals surface area contributed by atoms with Crippen molar-refractivity contribution in [3.8, 4) is 0 Å². The fraction of sp³-hybridized carbons (Fsp3) is 0.133. The average Bonchev–Trinajstić information content (AvgIpc) is 2.35. The summed E-state index contributed by atoms with van der Waals surface area (Å²) in [4.78, 5) is 0. The molecular weight excluding hydrogens is 287 g/mol. The Morgan fingerprint density at radius 3 is 1.39 bits per heavy atom. The first kappa shape index (κ1) is 12.9. The van der Waals surface area contributed by atoms with Crippen LogP contribution in [0.25, 0.3) is 0 Å². The van der Waals surface area contributed by atoms with Crippen LogP contribution in [-0.4, -0.2) is 20.2 Å². The molecule has 0 aliphatic carbocycles. The molecule has 18 heavy (non-hydrogen) atoms. The number of benzene rings is 2. The molecule has 0 amide bonds. The van der Waals surface area contributed by atoms with E-state index < -0.39 is 0 Å². The van der Waals surface area contributed by atoms with Gasteiger partial charge in [-0.05, 0) is 0 Å². The summed E-state index contributed by atoms with van der Waals surface area (Å²) < 4.78 is 0.891. The van der Waals surface area contributed by atoms with Crippen LogP contribution in [-0.2, 0) is 0 Å². The van der Waals surface area contributed by atoms with Gasteiger partial charge in [0.1, 0.15) is 0 Å². The molecule has 2 aromatic rings. The van der Waals surface area contributed by atoms with Gasteiger partial charge in [-0.1, -0.05) is 0 Å². The molecule has 0 saturated heterocycles. The third-order valence-corrected chi connectivity index (χ3v) is 3.05. The molecule has 0 spiro atoms. The van der Waals surface area contributed by atoms with Crippen LogP contribution in [0, 0.1) is 13.8 Å². The predicted octanol–water partition coefficient (Wildman–Crippen LogP) is 3.08. The van der Waals surface area contributed by atoms with Crippen molar-refractivity contribution in [3.63, 3.8) is 0 Å². The summed E-state index contributed by atoms with van der Waals surface area (Å²) >= 11 is 3.00. The monoisotopic (exact) mass is 304 g/mol. The quantitative estimate of drug-likeness (QED) is 0.848. The van der Waals surface area contributed by atoms with E-state index in [2.05, 4.69) is 88.6 Å². The fourth-order valence-electron chi connectivity index (χ4n) is 1.57. The van der Waals surface area contributed by atoms with Crippen LogP contribution in [0.3, 0.4) is 0 Å². The van der Waals surface area contributed by atoms with Crippen molar-refractivity contribution in [2.75, 3.05) is 10.6 Å². The zero-order valence-electron chi connectivity index (χ0n) is 10.5. The maximum absolute atomic E-state index is 3.28. The molecule has 0 unspecified atom stereocenters. The van der Waals surface area contributed by atoms with Crippen molar-refractivity contribution in [3.05, 3.63) is 59.7 Å². The second-order valence-corrected chi connectivity index (χ2v) is 5.17. The number of rotatable bonds is 4. The van der Waals surface area contributed by atoms with Gasteiger partial charge in [0.25, 0.3) is 0 Å². The molecule has 0 bridgehead atoms. The molecule has 2 nitrogen and oxygen atoms in total. The molecule has 3 heteroatoms. The topological polar surface area (TPSA) is 24.1 Å². The van der Waals surface area contributed by atoms with Crippen molar-refractivity contribution in [1.82, 2.24) is 0 Å². The zero-order valence-corrected chi connectivity index (χ0v) is 12.2. The molecule has 0 radical (unpaired) electrons. The van der Waals surface area contributed by atoms with Crippen LogP contribution in [0.5, 0.6) is 0 Å². The van der Waals surface area contributed by atoms with Crippen LogP contribution >= 0.6 is 0 Å². The Morgan fingerprint density at radius 1 is 0.722 bits per heavy atom. The van der Waals surface area contributed by atoms with E-state index in [0.717, 1.165) is 16.0 Å². The van der Waals surface area contributed by atoms with Crippen molar-refractivity contribution < 1.29 is 0 Å². The van der Waals surface area contributed by atoms with E-state index in [4.69, 9.17) is 0 Å². The molecule has 0 saturated carbocycles. The van der Waals surface area contributed by atoms with Gasteiger partial charge in [0, 0.05) is 0 Å². The predicted molar refractivity (Wildman–Crippen MR) is 80.4 cm³/mol. The van der Waals surface area contributed by atoms with Crippen molar-refractivity contribution in [1.29, 1.82) is 0 Å². The molecule has 2 aromatic carbocycles. The van der Waals surface area contributed by atoms with Gasteiger partial charge in [-0.2, -0.15) is 0 Å². The number of aryl methyl sites for hydroxylation is 2. The Hall–Kier alpha value is -1.57. The van der Waals surface area contributed by atoms with Gasteiger partial charge in [-0.15, -0.1) is 0 Å². The summed E-state index contributed by atoms with van der Waals surface area (Å²) in [5.74, 6) is 0. The van der Waals surface area contributed by atoms with Gasteiger partial charge in [-0.3, -0.25) is 0 Å². The van der Waals surface area contributed by atoms with E-state index in [0.29, 0.717) is 0 Å². The van der Waals surface area contributed by atoms with Crippen molar-refractivity contribution >= 4 is 31.6 Å². The standard InChI is InChI=1S/C15H16N2Se/c1-11-3-7-13(8-4-11)16-15(18)17-14-9-5-12(2)6-10-14/h3-10H,1-2H3,(H2,16,17,18). The Kier molecular flexibility index (Phi) is 4.19. The number of anilines is 2. The molecular formula is C15H16N2Se. The first-order valence-electron chi connectivity index (χ1n) is 5.85. The van der Waals surface area contributed by atoms with Gasteiger partial charge >= 0.3 is 116 Å². The third-order valence-electron chi connectivity index (χ3n) is 2.62. The molecule has 2 N–H and O–H groups in total. The minimum absolute atomic E-state index is 0.891. The van der Waals surface area contributed by atoms with E-state index >= 15 is 0 Å². The van der Waals surface area contributed by atoms with E-state index in [9.17, 15) is 0 Å². The van der Waals surface area contributed by atoms with Crippen LogP contribution in [0.4, 0.5) is 11.4 Å². The summed E-state index contributed by atoms with van der Waals surface area (Å²) in [7, 11) is 0. The Morgan fingerprint density at radius 2 is 1.06 bits per heavy atom. The number of nitrogens with one attached hydrogen (secondary N) is 2. The number of hydrogen-bond acceptors (Lipinski definition) is 2. The normalized spacial score (nSPS) is 9.89. The van der Waals surface area contributed by atoms with Gasteiger partial charge in [0.2, 0.25) is 0 Å². The van der Waals surface area contributed by atoms with E-state index in [1.165, 1.54) is 11.1 Å². The minimum atomic E-state index is 0.891. The van der Waals surface area contributed by atoms with Gasteiger partial charge in [-0.25, -0.2) is 0 Å². The van der Waals surface area contributed by atoms with Crippen molar-refractivity contribution in [2.45, 2.75) is 13.8 Å². The summed E-state index contributed by atoms with van der Waals surface area (Å²) in [6.45, 7) is 4.16. The van der Waals surface area contributed by atoms with Gasteiger partial charge in [0.05, 0.1) is 0 Å². The van der Waals surface area contributed by atoms with Crippen LogP contribution in [0.15, 0.2) is 48.5 Å². The van der Waals surface area contributed by atoms with Crippen LogP contribution < -0.4 is 10.6 Å². The second-order valence-electron chi connectivity index (χ2n) is 4.31. The SMILES string of the molecule is Cc1ccc(NC(=[Se])Nc2ccc(C)cc2)cc1. The van der Waals surface area contributed by atoms with E-state index in [-0.39, 0.29) is 0 Å². The van der Waals surface area contributed by atoms with Crippen LogP contribution in [0.1, 0.15) is 11.1 Å². The maximum atomic E-state index is 3.28. The summed E-state index contributed by atoms with van der Waals surface area (Å²) in [5, 5.41) is 6.56. The van der Waals surface area contributed by atoms with E-state index in [1.807, 2.05) is 0 Å². The van der Waals surface area contributed by atoms with Crippen molar-refractivity contribution in [2.24, 2.45) is 0 Å². The zero-order chi connectivity index (χ0) is 13.0. The average molecular weight is 303 g/mol.